The molecule has 1 saturated heterocycles. The maximum Gasteiger partial charge on any atom is 0.253 e. The van der Waals surface area contributed by atoms with Crippen LogP contribution < -0.4 is 15.4 Å². The Bertz CT molecular complexity index is 1040. The van der Waals surface area contributed by atoms with E-state index in [0.29, 0.717) is 34.8 Å². The normalized spacial score (nSPS) is 18.8. The third kappa shape index (κ3) is 7.49. The van der Waals surface area contributed by atoms with Gasteiger partial charge in [-0.1, -0.05) is 0 Å². The Morgan fingerprint density at radius 3 is 2.61 bits per heavy atom. The first-order chi connectivity index (χ1) is 17.4. The van der Waals surface area contributed by atoms with Crippen molar-refractivity contribution < 1.29 is 24.0 Å². The smallest absolute Gasteiger partial charge is 0.253 e. The molecule has 0 bridgehead atoms. The van der Waals surface area contributed by atoms with E-state index in [1.807, 2.05) is 12.1 Å². The van der Waals surface area contributed by atoms with E-state index in [-0.39, 0.29) is 18.3 Å². The molecule has 10 heteroatoms. The molecule has 1 amide bonds. The van der Waals surface area contributed by atoms with E-state index in [1.165, 1.54) is 24.8 Å². The highest BCUT2D eigenvalue weighted by molar-refractivity contribution is 7.84. The number of carbonyl (C=O) groups is 1. The number of hydrogen-bond donors (Lipinski definition) is 4. The Kier molecular flexibility index (Phi) is 9.30. The summed E-state index contributed by atoms with van der Waals surface area (Å²) in [5, 5.41) is 26.5. The van der Waals surface area contributed by atoms with Crippen molar-refractivity contribution in [1.29, 1.82) is 0 Å². The predicted molar refractivity (Wildman–Crippen MR) is 138 cm³/mol. The lowest BCUT2D eigenvalue weighted by molar-refractivity contribution is 0.0916. The number of ether oxygens (including phenoxy) is 1. The number of benzene rings is 1. The van der Waals surface area contributed by atoms with E-state index >= 15 is 0 Å². The third-order valence-corrected chi connectivity index (χ3v) is 7.77. The van der Waals surface area contributed by atoms with Gasteiger partial charge in [-0.05, 0) is 62.4 Å². The quantitative estimate of drug-likeness (QED) is 0.357. The zero-order chi connectivity index (χ0) is 25.5. The summed E-state index contributed by atoms with van der Waals surface area (Å²) in [5.41, 5.74) is 1.57. The topological polar surface area (TPSA) is 124 Å². The summed E-state index contributed by atoms with van der Waals surface area (Å²) in [7, 11) is -1.32. The Hall–Kier alpha value is -2.53. The molecule has 0 radical (unpaired) electrons. The average Bonchev–Trinajstić information content (AvgIpc) is 2.85. The second kappa shape index (κ2) is 12.6. The van der Waals surface area contributed by atoms with Gasteiger partial charge in [0.15, 0.2) is 0 Å². The summed E-state index contributed by atoms with van der Waals surface area (Å²) in [5.74, 6) is 0.394. The third-order valence-electron chi connectivity index (χ3n) is 6.83. The molecule has 1 aliphatic heterocycles. The van der Waals surface area contributed by atoms with Crippen molar-refractivity contribution in [3.63, 3.8) is 0 Å². The van der Waals surface area contributed by atoms with E-state index < -0.39 is 16.9 Å². The van der Waals surface area contributed by atoms with Gasteiger partial charge in [-0.25, -0.2) is 0 Å². The van der Waals surface area contributed by atoms with Crippen LogP contribution in [0.15, 0.2) is 41.4 Å². The first kappa shape index (κ1) is 26.5. The van der Waals surface area contributed by atoms with Gasteiger partial charge in [-0.15, -0.1) is 0 Å². The van der Waals surface area contributed by atoms with Gasteiger partial charge in [0.1, 0.15) is 24.2 Å². The fraction of sp³-hybridized carbons (Fsp3) is 0.538. The minimum atomic E-state index is -1.32. The monoisotopic (exact) mass is 516 g/mol. The molecule has 4 rings (SSSR count). The standard InChI is InChI=1S/C26H36N4O5S/c1-36(34)25-13-23(7-8-24(25)32)35-17-22(31)15-28-19-9-11-30(12-10-19)16-21-6-5-18(14-27-21)26(33)29-20-3-2-4-20/h5-8,13-14,19-20,22,28,31-32H,2-4,9-12,15-17H2,1H3,(H,29,33). The number of aromatic nitrogens is 1. The second-order valence-electron chi connectivity index (χ2n) is 9.65. The van der Waals surface area contributed by atoms with Crippen LogP contribution in [0.25, 0.3) is 0 Å². The molecule has 2 atom stereocenters. The lowest BCUT2D eigenvalue weighted by atomic mass is 9.93. The molecule has 2 aromatic rings. The summed E-state index contributed by atoms with van der Waals surface area (Å²) in [4.78, 5) is 19.4. The van der Waals surface area contributed by atoms with Gasteiger partial charge in [0, 0.05) is 50.7 Å². The van der Waals surface area contributed by atoms with Gasteiger partial charge in [0.2, 0.25) is 0 Å². The lowest BCUT2D eigenvalue weighted by Crippen LogP contribution is -2.45. The summed E-state index contributed by atoms with van der Waals surface area (Å²) in [6.07, 6.45) is 7.75. The molecule has 1 aromatic heterocycles. The Balaban J connectivity index is 1.13. The molecule has 1 saturated carbocycles. The van der Waals surface area contributed by atoms with Crippen molar-refractivity contribution >= 4 is 16.7 Å². The minimum Gasteiger partial charge on any atom is -0.507 e. The first-order valence-electron chi connectivity index (χ1n) is 12.6. The number of hydrogen-bond acceptors (Lipinski definition) is 8. The molecular formula is C26H36N4O5S. The number of nitrogens with zero attached hydrogens (tertiary/aromatic N) is 2. The molecule has 1 aliphatic carbocycles. The molecule has 2 fully saturated rings. The van der Waals surface area contributed by atoms with Crippen LogP contribution in [-0.2, 0) is 17.3 Å². The number of piperidine rings is 1. The highest BCUT2D eigenvalue weighted by atomic mass is 32.2. The maximum absolute atomic E-state index is 12.2. The molecule has 9 nitrogen and oxygen atoms in total. The molecule has 2 aliphatic rings. The highest BCUT2D eigenvalue weighted by Crippen LogP contribution is 2.25. The fourth-order valence-electron chi connectivity index (χ4n) is 4.37. The SMILES string of the molecule is CS(=O)c1cc(OCC(O)CNC2CCN(Cc3ccc(C(=O)NC4CCC4)cn3)CC2)ccc1O. The molecule has 1 aromatic carbocycles. The summed E-state index contributed by atoms with van der Waals surface area (Å²) in [6.45, 7) is 3.14. The summed E-state index contributed by atoms with van der Waals surface area (Å²) >= 11 is 0. The highest BCUT2D eigenvalue weighted by Gasteiger charge is 2.22. The zero-order valence-corrected chi connectivity index (χ0v) is 21.5. The first-order valence-corrected chi connectivity index (χ1v) is 14.1. The number of phenolic OH excluding ortho intramolecular Hbond substituents is 1. The summed E-state index contributed by atoms with van der Waals surface area (Å²) < 4.78 is 17.3. The average molecular weight is 517 g/mol. The maximum atomic E-state index is 12.2. The molecule has 196 valence electrons. The van der Waals surface area contributed by atoms with Gasteiger partial charge in [-0.2, -0.15) is 0 Å². The number of pyridine rings is 1. The van der Waals surface area contributed by atoms with Crippen molar-refractivity contribution in [2.45, 2.75) is 61.7 Å². The Morgan fingerprint density at radius 1 is 1.19 bits per heavy atom. The minimum absolute atomic E-state index is 0.0313. The van der Waals surface area contributed by atoms with Crippen LogP contribution >= 0.6 is 0 Å². The number of aromatic hydroxyl groups is 1. The number of nitrogens with one attached hydrogen (secondary N) is 2. The molecule has 4 N–H and O–H groups in total. The zero-order valence-electron chi connectivity index (χ0n) is 20.7. The van der Waals surface area contributed by atoms with Crippen LogP contribution in [0.1, 0.15) is 48.2 Å². The van der Waals surface area contributed by atoms with Crippen molar-refractivity contribution in [3.8, 4) is 11.5 Å². The van der Waals surface area contributed by atoms with Crippen molar-refractivity contribution in [2.24, 2.45) is 0 Å². The van der Waals surface area contributed by atoms with E-state index in [0.717, 1.165) is 51.0 Å². The van der Waals surface area contributed by atoms with E-state index in [9.17, 15) is 19.2 Å². The van der Waals surface area contributed by atoms with E-state index in [1.54, 1.807) is 12.3 Å². The van der Waals surface area contributed by atoms with Gasteiger partial charge in [0.25, 0.3) is 5.91 Å². The van der Waals surface area contributed by atoms with Gasteiger partial charge >= 0.3 is 0 Å². The number of likely N-dealkylation sites (tertiary alicyclic amines) is 1. The van der Waals surface area contributed by atoms with Gasteiger partial charge in [0.05, 0.1) is 27.0 Å². The fourth-order valence-corrected chi connectivity index (χ4v) is 5.01. The molecular weight excluding hydrogens is 480 g/mol. The Morgan fingerprint density at radius 2 is 1.97 bits per heavy atom. The van der Waals surface area contributed by atoms with E-state index in [4.69, 9.17) is 4.74 Å². The van der Waals surface area contributed by atoms with E-state index in [2.05, 4.69) is 20.5 Å². The number of aliphatic hydroxyl groups excluding tert-OH is 1. The van der Waals surface area contributed by atoms with Crippen LogP contribution in [0.5, 0.6) is 11.5 Å². The van der Waals surface area contributed by atoms with Gasteiger partial charge in [-0.3, -0.25) is 18.9 Å². The Labute approximate surface area is 214 Å². The number of aliphatic hydroxyl groups is 1. The van der Waals surface area contributed by atoms with Crippen LogP contribution in [0.4, 0.5) is 0 Å². The molecule has 2 unspecified atom stereocenters. The number of carbonyl (C=O) groups excluding carboxylic acids is 1. The van der Waals surface area contributed by atoms with Crippen molar-refractivity contribution in [3.05, 3.63) is 47.8 Å². The van der Waals surface area contributed by atoms with Gasteiger partial charge < -0.3 is 25.6 Å². The van der Waals surface area contributed by atoms with Crippen molar-refractivity contribution in [1.82, 2.24) is 20.5 Å². The number of rotatable bonds is 11. The lowest BCUT2D eigenvalue weighted by Gasteiger charge is -2.32. The molecule has 2 heterocycles. The second-order valence-corrected chi connectivity index (χ2v) is 11.0. The van der Waals surface area contributed by atoms with Crippen LogP contribution in [0, 0.1) is 0 Å². The predicted octanol–water partition coefficient (Wildman–Crippen LogP) is 1.80. The largest absolute Gasteiger partial charge is 0.507 e. The summed E-state index contributed by atoms with van der Waals surface area (Å²) in [6, 6.07) is 9.01. The van der Waals surface area contributed by atoms with Crippen LogP contribution in [0.2, 0.25) is 0 Å². The van der Waals surface area contributed by atoms with Crippen LogP contribution in [0.3, 0.4) is 0 Å². The van der Waals surface area contributed by atoms with Crippen molar-refractivity contribution in [2.75, 3.05) is 32.5 Å². The molecule has 0 spiro atoms. The number of amides is 1. The molecule has 36 heavy (non-hydrogen) atoms. The van der Waals surface area contributed by atoms with Crippen LogP contribution in [-0.4, -0.2) is 80.9 Å². The number of phenols is 1.